The molecule has 9 heteroatoms. The highest BCUT2D eigenvalue weighted by Gasteiger charge is 2.28. The number of rotatable bonds is 43. The minimum Gasteiger partial charge on any atom is -0.391 e. The molecule has 1 amide bonds. The Hall–Kier alpha value is -0.760. The second-order valence-electron chi connectivity index (χ2n) is 17.5. The molecule has 0 saturated carbocycles. The number of hydrogen-bond donors (Lipinski definition) is 3. The first-order valence-corrected chi connectivity index (χ1v) is 25.0. The molecule has 0 aromatic heterocycles. The maximum Gasteiger partial charge on any atom is 0.472 e. The van der Waals surface area contributed by atoms with Gasteiger partial charge in [0.05, 0.1) is 39.9 Å². The number of aliphatic hydroxyl groups is 1. The molecule has 8 nitrogen and oxygen atoms in total. The maximum atomic E-state index is 12.9. The van der Waals surface area contributed by atoms with Crippen molar-refractivity contribution in [3.05, 3.63) is 12.2 Å². The normalized spacial score (nSPS) is 14.4. The van der Waals surface area contributed by atoms with E-state index in [1.807, 2.05) is 21.1 Å². The third-order valence-electron chi connectivity index (χ3n) is 10.8. The average Bonchev–Trinajstić information content (AvgIpc) is 3.13. The summed E-state index contributed by atoms with van der Waals surface area (Å²) in [5, 5.41) is 14.0. The third kappa shape index (κ3) is 41.2. The zero-order valence-corrected chi connectivity index (χ0v) is 38.1. The van der Waals surface area contributed by atoms with Gasteiger partial charge in [0.2, 0.25) is 5.91 Å². The van der Waals surface area contributed by atoms with Gasteiger partial charge in [-0.2, -0.15) is 0 Å². The van der Waals surface area contributed by atoms with Crippen molar-refractivity contribution in [1.82, 2.24) is 5.32 Å². The minimum absolute atomic E-state index is 0.0749. The largest absolute Gasteiger partial charge is 0.472 e. The summed E-state index contributed by atoms with van der Waals surface area (Å²) in [5.74, 6) is -0.153. The van der Waals surface area contributed by atoms with Crippen molar-refractivity contribution in [2.45, 2.75) is 238 Å². The molecule has 3 atom stereocenters. The number of phosphoric acid groups is 1. The summed E-state index contributed by atoms with van der Waals surface area (Å²) in [6.07, 6.45) is 43.8. The van der Waals surface area contributed by atoms with Gasteiger partial charge in [-0.15, -0.1) is 0 Å². The number of carbonyl (C=O) groups is 1. The number of quaternary nitrogens is 1. The molecule has 0 fully saturated rings. The third-order valence-corrected chi connectivity index (χ3v) is 11.7. The minimum atomic E-state index is -4.31. The fraction of sp³-hybridized carbons (Fsp3) is 0.935. The Morgan fingerprint density at radius 2 is 0.982 bits per heavy atom. The number of allylic oxidation sites excluding steroid dienone is 2. The highest BCUT2D eigenvalue weighted by molar-refractivity contribution is 7.47. The Labute approximate surface area is 342 Å². The zero-order chi connectivity index (χ0) is 40.7. The summed E-state index contributed by atoms with van der Waals surface area (Å²) in [6.45, 7) is 4.87. The van der Waals surface area contributed by atoms with E-state index in [1.165, 1.54) is 148 Å². The second kappa shape index (κ2) is 38.7. The Kier molecular flexibility index (Phi) is 38.2. The second-order valence-corrected chi connectivity index (χ2v) is 18.9. The molecule has 0 radical (unpaired) electrons. The average molecular weight is 802 g/mol. The summed E-state index contributed by atoms with van der Waals surface area (Å²) in [4.78, 5) is 23.1. The van der Waals surface area contributed by atoms with Crippen LogP contribution in [-0.4, -0.2) is 73.4 Å². The lowest BCUT2D eigenvalue weighted by molar-refractivity contribution is -0.870. The van der Waals surface area contributed by atoms with Crippen molar-refractivity contribution in [1.29, 1.82) is 0 Å². The van der Waals surface area contributed by atoms with E-state index in [-0.39, 0.29) is 19.1 Å². The molecule has 328 valence electrons. The molecule has 0 aliphatic carbocycles. The van der Waals surface area contributed by atoms with E-state index in [1.54, 1.807) is 0 Å². The van der Waals surface area contributed by atoms with Gasteiger partial charge in [-0.1, -0.05) is 193 Å². The summed E-state index contributed by atoms with van der Waals surface area (Å²) in [7, 11) is 1.62. The van der Waals surface area contributed by atoms with Gasteiger partial charge in [0.15, 0.2) is 0 Å². The molecule has 3 unspecified atom stereocenters. The van der Waals surface area contributed by atoms with Gasteiger partial charge in [-0.3, -0.25) is 13.8 Å². The number of carbonyl (C=O) groups excluding carboxylic acids is 1. The molecule has 0 aliphatic rings. The van der Waals surface area contributed by atoms with Crippen LogP contribution in [0.25, 0.3) is 0 Å². The van der Waals surface area contributed by atoms with E-state index in [0.29, 0.717) is 23.9 Å². The van der Waals surface area contributed by atoms with Crippen molar-refractivity contribution in [3.8, 4) is 0 Å². The summed E-state index contributed by atoms with van der Waals surface area (Å²) >= 11 is 0. The number of nitrogens with one attached hydrogen (secondary N) is 1. The first kappa shape index (κ1) is 54.2. The molecular formula is C46H94N2O6P+. The van der Waals surface area contributed by atoms with Gasteiger partial charge >= 0.3 is 7.82 Å². The molecule has 0 rings (SSSR count). The first-order chi connectivity index (χ1) is 26.5. The van der Waals surface area contributed by atoms with Crippen molar-refractivity contribution in [2.75, 3.05) is 40.9 Å². The lowest BCUT2D eigenvalue weighted by Gasteiger charge is -2.26. The van der Waals surface area contributed by atoms with Gasteiger partial charge in [-0.25, -0.2) is 4.57 Å². The molecule has 0 bridgehead atoms. The van der Waals surface area contributed by atoms with E-state index < -0.39 is 20.0 Å². The number of unbranched alkanes of at least 4 members (excludes halogenated alkanes) is 28. The van der Waals surface area contributed by atoms with Crippen LogP contribution in [0.3, 0.4) is 0 Å². The number of hydrogen-bond acceptors (Lipinski definition) is 5. The van der Waals surface area contributed by atoms with Crippen LogP contribution < -0.4 is 5.32 Å². The zero-order valence-electron chi connectivity index (χ0n) is 37.2. The first-order valence-electron chi connectivity index (χ1n) is 23.6. The van der Waals surface area contributed by atoms with Crippen LogP contribution in [0.1, 0.15) is 226 Å². The van der Waals surface area contributed by atoms with Crippen LogP contribution >= 0.6 is 7.82 Å². The van der Waals surface area contributed by atoms with Crippen LogP contribution in [0.15, 0.2) is 12.2 Å². The standard InChI is InChI=1S/C46H93N2O6P/c1-6-8-10-12-14-16-18-20-21-22-23-24-25-26-27-28-29-31-33-35-37-39-45(49)44(43-54-55(51,52)53-42-41-48(3,4)5)47-46(50)40-38-36-34-32-30-19-17-15-13-11-9-7-2/h15,17,44-45,49H,6-14,16,18-43H2,1-5H3,(H-,47,50,51,52)/p+1/b17-15-. The predicted molar refractivity (Wildman–Crippen MR) is 235 cm³/mol. The number of aliphatic hydroxyl groups excluding tert-OH is 1. The van der Waals surface area contributed by atoms with Gasteiger partial charge in [0, 0.05) is 6.42 Å². The number of amides is 1. The Morgan fingerprint density at radius 3 is 1.44 bits per heavy atom. The Bertz CT molecular complexity index is 911. The summed E-state index contributed by atoms with van der Waals surface area (Å²) in [5.41, 5.74) is 0. The van der Waals surface area contributed by atoms with E-state index in [4.69, 9.17) is 9.05 Å². The summed E-state index contributed by atoms with van der Waals surface area (Å²) < 4.78 is 23.6. The fourth-order valence-corrected chi connectivity index (χ4v) is 7.72. The smallest absolute Gasteiger partial charge is 0.391 e. The molecule has 55 heavy (non-hydrogen) atoms. The lowest BCUT2D eigenvalue weighted by atomic mass is 10.0. The highest BCUT2D eigenvalue weighted by Crippen LogP contribution is 2.43. The van der Waals surface area contributed by atoms with Crippen molar-refractivity contribution < 1.29 is 32.9 Å². The monoisotopic (exact) mass is 802 g/mol. The number of nitrogens with zero attached hydrogens (tertiary/aromatic N) is 1. The van der Waals surface area contributed by atoms with Crippen molar-refractivity contribution >= 4 is 13.7 Å². The molecule has 3 N–H and O–H groups in total. The van der Waals surface area contributed by atoms with Gasteiger partial charge < -0.3 is 19.8 Å². The molecule has 0 aromatic rings. The SMILES string of the molecule is CCCCC/C=C\CCCCCCCC(=O)NC(COP(=O)(O)OCC[N+](C)(C)C)C(O)CCCCCCCCCCCCCCCCCCCCCCC. The fourth-order valence-electron chi connectivity index (χ4n) is 6.98. The maximum absolute atomic E-state index is 12.9. The summed E-state index contributed by atoms with van der Waals surface area (Å²) in [6, 6.07) is -0.760. The topological polar surface area (TPSA) is 105 Å². The molecule has 0 aromatic carbocycles. The molecular weight excluding hydrogens is 707 g/mol. The lowest BCUT2D eigenvalue weighted by Crippen LogP contribution is -2.46. The van der Waals surface area contributed by atoms with Crippen molar-refractivity contribution in [3.63, 3.8) is 0 Å². The Morgan fingerprint density at radius 1 is 0.600 bits per heavy atom. The molecule has 0 spiro atoms. The predicted octanol–water partition coefficient (Wildman–Crippen LogP) is 13.1. The van der Waals surface area contributed by atoms with Crippen LogP contribution in [0.5, 0.6) is 0 Å². The quantitative estimate of drug-likeness (QED) is 0.0245. The van der Waals surface area contributed by atoms with Gasteiger partial charge in [-0.05, 0) is 38.5 Å². The van der Waals surface area contributed by atoms with E-state index >= 15 is 0 Å². The van der Waals surface area contributed by atoms with Crippen molar-refractivity contribution in [2.24, 2.45) is 0 Å². The Balaban J connectivity index is 4.25. The van der Waals surface area contributed by atoms with E-state index in [2.05, 4.69) is 31.3 Å². The van der Waals surface area contributed by atoms with Crippen LogP contribution in [0.2, 0.25) is 0 Å². The molecule has 0 saturated heterocycles. The number of phosphoric ester groups is 1. The molecule has 0 heterocycles. The van der Waals surface area contributed by atoms with Crippen LogP contribution in [0, 0.1) is 0 Å². The van der Waals surface area contributed by atoms with Crippen LogP contribution in [0.4, 0.5) is 0 Å². The van der Waals surface area contributed by atoms with Gasteiger partial charge in [0.25, 0.3) is 0 Å². The number of likely N-dealkylation sites (N-methyl/N-ethyl adjacent to an activating group) is 1. The van der Waals surface area contributed by atoms with Crippen LogP contribution in [-0.2, 0) is 18.4 Å². The van der Waals surface area contributed by atoms with E-state index in [9.17, 15) is 19.4 Å². The molecule has 0 aliphatic heterocycles. The van der Waals surface area contributed by atoms with Gasteiger partial charge in [0.1, 0.15) is 13.2 Å². The highest BCUT2D eigenvalue weighted by atomic mass is 31.2. The van der Waals surface area contributed by atoms with E-state index in [0.717, 1.165) is 51.4 Å².